The van der Waals surface area contributed by atoms with Crippen LogP contribution in [0.4, 0.5) is 0 Å². The summed E-state index contributed by atoms with van der Waals surface area (Å²) in [6, 6.07) is -0.668. The zero-order chi connectivity index (χ0) is 15.8. The Morgan fingerprint density at radius 2 is 1.75 bits per heavy atom. The van der Waals surface area contributed by atoms with E-state index >= 15 is 0 Å². The summed E-state index contributed by atoms with van der Waals surface area (Å²) in [4.78, 5) is 33.6. The van der Waals surface area contributed by atoms with Crippen molar-refractivity contribution in [1.29, 1.82) is 0 Å². The van der Waals surface area contributed by atoms with Gasteiger partial charge in [-0.2, -0.15) is 0 Å². The van der Waals surface area contributed by atoms with Gasteiger partial charge in [0.25, 0.3) is 0 Å². The van der Waals surface area contributed by atoms with Crippen LogP contribution in [0.2, 0.25) is 0 Å². The van der Waals surface area contributed by atoms with E-state index in [1.165, 1.54) is 0 Å². The number of hydrogen-bond acceptors (Lipinski definition) is 6. The highest BCUT2D eigenvalue weighted by atomic mass is 16.6. The fraction of sp³-hybridized carbons (Fsp3) is 0.769. The molecule has 0 aliphatic heterocycles. The van der Waals surface area contributed by atoms with Crippen LogP contribution in [-0.4, -0.2) is 47.8 Å². The first-order valence-corrected chi connectivity index (χ1v) is 6.46. The Hall–Kier alpha value is -1.63. The molecule has 0 bridgehead atoms. The lowest BCUT2D eigenvalue weighted by Crippen LogP contribution is -2.39. The predicted octanol–water partition coefficient (Wildman–Crippen LogP) is 0.714. The van der Waals surface area contributed by atoms with Gasteiger partial charge in [-0.25, -0.2) is 0 Å². The smallest absolute Gasteiger partial charge is 0.320 e. The largest absolute Gasteiger partial charge is 0.481 e. The van der Waals surface area contributed by atoms with Crippen molar-refractivity contribution >= 4 is 17.9 Å². The summed E-state index contributed by atoms with van der Waals surface area (Å²) >= 11 is 0. The van der Waals surface area contributed by atoms with Crippen LogP contribution in [-0.2, 0) is 23.9 Å². The minimum Gasteiger partial charge on any atom is -0.481 e. The molecule has 7 nitrogen and oxygen atoms in total. The molecule has 0 aliphatic rings. The number of nitrogens with one attached hydrogen (secondary N) is 1. The van der Waals surface area contributed by atoms with Gasteiger partial charge < -0.3 is 19.9 Å². The highest BCUT2D eigenvalue weighted by Crippen LogP contribution is 2.07. The molecule has 0 aromatic rings. The Morgan fingerprint density at radius 3 is 2.20 bits per heavy atom. The lowest BCUT2D eigenvalue weighted by atomic mass is 10.1. The molecule has 0 heterocycles. The first-order chi connectivity index (χ1) is 9.14. The maximum Gasteiger partial charge on any atom is 0.320 e. The number of hydrogen-bond donors (Lipinski definition) is 2. The number of esters is 2. The number of carboxylic acid groups (broad SMARTS) is 1. The number of aliphatic carboxylic acids is 1. The third-order valence-corrected chi connectivity index (χ3v) is 2.09. The van der Waals surface area contributed by atoms with E-state index in [0.29, 0.717) is 0 Å². The summed E-state index contributed by atoms with van der Waals surface area (Å²) in [5.74, 6) is -2.07. The third-order valence-electron chi connectivity index (χ3n) is 2.09. The van der Waals surface area contributed by atoms with Crippen LogP contribution in [0.15, 0.2) is 0 Å². The molecule has 116 valence electrons. The number of carbonyl (C=O) groups is 3. The fourth-order valence-electron chi connectivity index (χ4n) is 1.45. The minimum absolute atomic E-state index is 0.108. The first-order valence-electron chi connectivity index (χ1n) is 6.46. The average Bonchev–Trinajstić information content (AvgIpc) is 2.23. The molecule has 0 aromatic heterocycles. The molecule has 0 saturated carbocycles. The second kappa shape index (κ2) is 8.52. The van der Waals surface area contributed by atoms with Gasteiger partial charge in [0.05, 0.1) is 26.0 Å². The van der Waals surface area contributed by atoms with Crippen LogP contribution < -0.4 is 5.32 Å². The molecule has 7 heteroatoms. The van der Waals surface area contributed by atoms with Gasteiger partial charge in [-0.3, -0.25) is 14.4 Å². The summed E-state index contributed by atoms with van der Waals surface area (Å²) < 4.78 is 9.83. The SMILES string of the molecule is CCOC(=O)CC(CC(=O)O)NCC(=O)OC(C)(C)C. The van der Waals surface area contributed by atoms with Crippen molar-refractivity contribution < 1.29 is 29.0 Å². The lowest BCUT2D eigenvalue weighted by Gasteiger charge is -2.21. The van der Waals surface area contributed by atoms with Crippen LogP contribution in [0.1, 0.15) is 40.5 Å². The molecule has 0 aliphatic carbocycles. The topological polar surface area (TPSA) is 102 Å². The monoisotopic (exact) mass is 289 g/mol. The zero-order valence-electron chi connectivity index (χ0n) is 12.4. The molecule has 0 spiro atoms. The van der Waals surface area contributed by atoms with Gasteiger partial charge in [-0.15, -0.1) is 0 Å². The summed E-state index contributed by atoms with van der Waals surface area (Å²) in [6.45, 7) is 6.94. The van der Waals surface area contributed by atoms with Crippen LogP contribution in [0.5, 0.6) is 0 Å². The molecule has 0 amide bonds. The molecule has 0 saturated heterocycles. The van der Waals surface area contributed by atoms with Crippen molar-refractivity contribution in [1.82, 2.24) is 5.32 Å². The van der Waals surface area contributed by atoms with E-state index in [2.05, 4.69) is 5.32 Å². The number of carboxylic acids is 1. The number of rotatable bonds is 8. The van der Waals surface area contributed by atoms with Crippen LogP contribution in [0, 0.1) is 0 Å². The quantitative estimate of drug-likeness (QED) is 0.634. The Morgan fingerprint density at radius 1 is 1.15 bits per heavy atom. The van der Waals surface area contributed by atoms with Crippen LogP contribution in [0.3, 0.4) is 0 Å². The van der Waals surface area contributed by atoms with Gasteiger partial charge in [0.1, 0.15) is 5.60 Å². The maximum absolute atomic E-state index is 11.5. The van der Waals surface area contributed by atoms with Gasteiger partial charge in [-0.1, -0.05) is 0 Å². The lowest BCUT2D eigenvalue weighted by molar-refractivity contribution is -0.154. The molecular weight excluding hydrogens is 266 g/mol. The minimum atomic E-state index is -1.06. The van der Waals surface area contributed by atoms with E-state index in [1.54, 1.807) is 27.7 Å². The molecule has 20 heavy (non-hydrogen) atoms. The second-order valence-electron chi connectivity index (χ2n) is 5.27. The Balaban J connectivity index is 4.32. The average molecular weight is 289 g/mol. The summed E-state index contributed by atoms with van der Waals surface area (Å²) in [7, 11) is 0. The zero-order valence-corrected chi connectivity index (χ0v) is 12.4. The van der Waals surface area contributed by atoms with E-state index < -0.39 is 29.6 Å². The highest BCUT2D eigenvalue weighted by Gasteiger charge is 2.21. The van der Waals surface area contributed by atoms with Crippen molar-refractivity contribution in [2.24, 2.45) is 0 Å². The molecule has 0 aromatic carbocycles. The van der Waals surface area contributed by atoms with E-state index in [4.69, 9.17) is 14.6 Å². The second-order valence-corrected chi connectivity index (χ2v) is 5.27. The van der Waals surface area contributed by atoms with E-state index in [1.807, 2.05) is 0 Å². The van der Waals surface area contributed by atoms with Crippen molar-refractivity contribution in [2.75, 3.05) is 13.2 Å². The molecule has 1 unspecified atom stereocenters. The van der Waals surface area contributed by atoms with Gasteiger partial charge in [-0.05, 0) is 27.7 Å². The van der Waals surface area contributed by atoms with Gasteiger partial charge in [0.15, 0.2) is 0 Å². The fourth-order valence-corrected chi connectivity index (χ4v) is 1.45. The van der Waals surface area contributed by atoms with E-state index in [-0.39, 0.29) is 26.0 Å². The van der Waals surface area contributed by atoms with Crippen molar-refractivity contribution in [3.05, 3.63) is 0 Å². The molecule has 0 radical (unpaired) electrons. The van der Waals surface area contributed by atoms with Crippen molar-refractivity contribution in [3.8, 4) is 0 Å². The summed E-state index contributed by atoms with van der Waals surface area (Å²) in [6.07, 6.45) is -0.384. The number of carbonyl (C=O) groups excluding carboxylic acids is 2. The van der Waals surface area contributed by atoms with Crippen LogP contribution >= 0.6 is 0 Å². The van der Waals surface area contributed by atoms with E-state index in [9.17, 15) is 14.4 Å². The maximum atomic E-state index is 11.5. The Labute approximate surface area is 118 Å². The number of ether oxygens (including phenoxy) is 2. The summed E-state index contributed by atoms with van der Waals surface area (Å²) in [5, 5.41) is 11.5. The van der Waals surface area contributed by atoms with Crippen molar-refractivity contribution in [2.45, 2.75) is 52.2 Å². The standard InChI is InChI=1S/C13H23NO6/c1-5-19-11(17)7-9(6-10(15)16)14-8-12(18)20-13(2,3)4/h9,14H,5-8H2,1-4H3,(H,15,16). The predicted molar refractivity (Wildman–Crippen MR) is 71.1 cm³/mol. The Bertz CT molecular complexity index is 347. The van der Waals surface area contributed by atoms with Gasteiger partial charge >= 0.3 is 17.9 Å². The molecule has 0 rings (SSSR count). The molecule has 2 N–H and O–H groups in total. The molecular formula is C13H23NO6. The van der Waals surface area contributed by atoms with E-state index in [0.717, 1.165) is 0 Å². The highest BCUT2D eigenvalue weighted by molar-refractivity contribution is 5.74. The van der Waals surface area contributed by atoms with Crippen molar-refractivity contribution in [3.63, 3.8) is 0 Å². The Kier molecular flexibility index (Phi) is 7.83. The normalized spacial score (nSPS) is 12.6. The van der Waals surface area contributed by atoms with Gasteiger partial charge in [0, 0.05) is 6.04 Å². The van der Waals surface area contributed by atoms with Crippen LogP contribution in [0.25, 0.3) is 0 Å². The van der Waals surface area contributed by atoms with Gasteiger partial charge in [0.2, 0.25) is 0 Å². The first kappa shape index (κ1) is 18.4. The third kappa shape index (κ3) is 10.3. The molecule has 1 atom stereocenters. The summed E-state index contributed by atoms with van der Waals surface area (Å²) in [5.41, 5.74) is -0.609. The molecule has 0 fully saturated rings.